The van der Waals surface area contributed by atoms with E-state index >= 15 is 0 Å². The molecule has 0 N–H and O–H groups in total. The van der Waals surface area contributed by atoms with Gasteiger partial charge in [-0.3, -0.25) is 0 Å². The van der Waals surface area contributed by atoms with Crippen LogP contribution in [0.3, 0.4) is 0 Å². The quantitative estimate of drug-likeness (QED) is 0.164. The third kappa shape index (κ3) is 5.87. The molecule has 7 nitrogen and oxygen atoms in total. The summed E-state index contributed by atoms with van der Waals surface area (Å²) in [7, 11) is 0. The largest absolute Gasteiger partial charge is 0.375 e. The second kappa shape index (κ2) is 17.8. The van der Waals surface area contributed by atoms with E-state index in [1.165, 1.54) is 204 Å². The summed E-state index contributed by atoms with van der Waals surface area (Å²) < 4.78 is 13.4. The second-order valence-electron chi connectivity index (χ2n) is 28.5. The first-order valence-electron chi connectivity index (χ1n) is 35.1. The Morgan fingerprint density at radius 3 is 1.39 bits per heavy atom. The summed E-state index contributed by atoms with van der Waals surface area (Å²) in [4.78, 5) is 5.14. The molecule has 6 aliphatic rings. The molecule has 10 heteroatoms. The molecule has 26 rings (SSSR count). The van der Waals surface area contributed by atoms with Crippen molar-refractivity contribution in [3.8, 4) is 44.8 Å². The molecule has 0 unspecified atom stereocenters. The topological polar surface area (TPSA) is 31.1 Å². The Balaban J connectivity index is 0.760. The van der Waals surface area contributed by atoms with E-state index in [0.717, 1.165) is 17.1 Å². The zero-order valence-corrected chi connectivity index (χ0v) is 53.7. The van der Waals surface area contributed by atoms with E-state index in [-0.39, 0.29) is 20.5 Å². The predicted molar refractivity (Wildman–Crippen MR) is 421 cm³/mol. The van der Waals surface area contributed by atoms with Crippen molar-refractivity contribution in [1.29, 1.82) is 0 Å². The van der Waals surface area contributed by atoms with Gasteiger partial charge < -0.3 is 32.4 Å². The van der Waals surface area contributed by atoms with Crippen molar-refractivity contribution in [2.75, 3.05) is 9.80 Å². The Bertz CT molecular complexity index is 7270. The summed E-state index contributed by atoms with van der Waals surface area (Å²) in [6, 6.07) is 116. The van der Waals surface area contributed by atoms with Gasteiger partial charge in [0, 0.05) is 144 Å². The lowest BCUT2D eigenvalue weighted by atomic mass is 9.39. The molecule has 5 aromatic heterocycles. The van der Waals surface area contributed by atoms with Gasteiger partial charge >= 0.3 is 20.5 Å². The smallest absolute Gasteiger partial charge is 0.333 e. The number of benzene rings is 15. The first kappa shape index (κ1) is 51.4. The fraction of sp³-hybridized carbons (Fsp3) is 0. The van der Waals surface area contributed by atoms with Crippen LogP contribution in [0.4, 0.5) is 34.1 Å². The van der Waals surface area contributed by atoms with Gasteiger partial charge in [-0.15, -0.1) is 0 Å². The first-order chi connectivity index (χ1) is 49.7. The Hall–Kier alpha value is -12.9. The van der Waals surface area contributed by atoms with Crippen LogP contribution in [0.15, 0.2) is 303 Å². The highest BCUT2D eigenvalue weighted by Crippen LogP contribution is 2.56. The summed E-state index contributed by atoms with van der Waals surface area (Å²) in [6.45, 7) is -0.262. The summed E-state index contributed by atoms with van der Waals surface area (Å²) >= 11 is 0. The second-order valence-corrected chi connectivity index (χ2v) is 28.5. The van der Waals surface area contributed by atoms with Gasteiger partial charge in [0.2, 0.25) is 0 Å². The van der Waals surface area contributed by atoms with Crippen LogP contribution in [0, 0.1) is 0 Å². The number of nitrogens with zero attached hydrogens (tertiary/aromatic N) is 7. The van der Waals surface area contributed by atoms with Crippen LogP contribution in [0.1, 0.15) is 0 Å². The molecule has 0 atom stereocenters. The number of hydrogen-bond donors (Lipinski definition) is 0. The number of fused-ring (bicyclic) bond motifs is 25. The standard InChI is InChI=1S/C90H50B3N7/c1-3-22-52(23-4-1)94-75-41-17-11-34-67(75)91-85-79(94)50-80-86-82(85)83-89-65(59-29-10-16-40-74(59)99(89)91)49-66-81-55(30-21-43-77(81)100(90(66)83)92(86)68-35-12-18-42-76(68)95(80)53-24-5-2-6-25-53)51-44-45-72-63(46-51)58-28-8-13-37-70(58)96(72)54-47-64-62-32-19-31-60-57-27-9-15-39-73(57)98(87(60)62)93-69-36-20-33-61-56-26-7-14-38-71(56)97(88(61)69)78(48-54)84(64)93/h1-50H. The lowest BCUT2D eigenvalue weighted by molar-refractivity contribution is 1.13. The molecule has 100 heavy (non-hydrogen) atoms. The van der Waals surface area contributed by atoms with Crippen LogP contribution in [0.2, 0.25) is 0 Å². The molecule has 0 saturated carbocycles. The van der Waals surface area contributed by atoms with E-state index in [1.807, 2.05) is 0 Å². The number of aromatic nitrogens is 5. The maximum Gasteiger partial charge on any atom is 0.333 e. The fourth-order valence-corrected chi connectivity index (χ4v) is 20.6. The van der Waals surface area contributed by atoms with Crippen molar-refractivity contribution >= 4 is 196 Å². The van der Waals surface area contributed by atoms with Crippen LogP contribution in [0.5, 0.6) is 0 Å². The van der Waals surface area contributed by atoms with Crippen molar-refractivity contribution in [2.24, 2.45) is 0 Å². The summed E-state index contributed by atoms with van der Waals surface area (Å²) in [6.07, 6.45) is 0. The Kier molecular flexibility index (Phi) is 9.15. The molecule has 0 amide bonds. The molecule has 0 spiro atoms. The molecule has 0 fully saturated rings. The molecule has 0 aliphatic carbocycles. The van der Waals surface area contributed by atoms with Crippen molar-refractivity contribution < 1.29 is 0 Å². The van der Waals surface area contributed by atoms with Gasteiger partial charge in [0.05, 0.1) is 22.1 Å². The third-order valence-electron chi connectivity index (χ3n) is 24.1. The molecule has 0 radical (unpaired) electrons. The average molecular weight is 1260 g/mol. The van der Waals surface area contributed by atoms with Crippen molar-refractivity contribution in [3.05, 3.63) is 303 Å². The Labute approximate surface area is 573 Å². The minimum absolute atomic E-state index is 0.0256. The molecule has 0 bridgehead atoms. The molecular formula is C90H50B3N7. The van der Waals surface area contributed by atoms with E-state index in [4.69, 9.17) is 0 Å². The number of para-hydroxylation sites is 10. The van der Waals surface area contributed by atoms with Crippen LogP contribution in [-0.2, 0) is 0 Å². The molecule has 0 saturated heterocycles. The van der Waals surface area contributed by atoms with Crippen LogP contribution in [0.25, 0.3) is 154 Å². The Morgan fingerprint density at radius 2 is 0.700 bits per heavy atom. The average Bonchev–Trinajstić information content (AvgIpc) is 1.35. The highest BCUT2D eigenvalue weighted by atomic mass is 15.2. The van der Waals surface area contributed by atoms with Crippen molar-refractivity contribution in [1.82, 2.24) is 22.6 Å². The minimum Gasteiger partial charge on any atom is -0.375 e. The van der Waals surface area contributed by atoms with Gasteiger partial charge in [0.25, 0.3) is 0 Å². The van der Waals surface area contributed by atoms with Gasteiger partial charge in [-0.05, 0) is 158 Å². The summed E-state index contributed by atoms with van der Waals surface area (Å²) in [5, 5.41) is 12.7. The normalized spacial score (nSPS) is 13.9. The summed E-state index contributed by atoms with van der Waals surface area (Å²) in [5.41, 5.74) is 37.8. The lowest BCUT2D eigenvalue weighted by Gasteiger charge is -2.47. The van der Waals surface area contributed by atoms with E-state index in [1.54, 1.807) is 0 Å². The lowest BCUT2D eigenvalue weighted by Crippen LogP contribution is -2.63. The highest BCUT2D eigenvalue weighted by molar-refractivity contribution is 6.95. The number of anilines is 6. The molecule has 454 valence electrons. The predicted octanol–water partition coefficient (Wildman–Crippen LogP) is 18.0. The number of rotatable bonds is 4. The molecule has 11 heterocycles. The first-order valence-corrected chi connectivity index (χ1v) is 35.1. The molecule has 20 aromatic rings. The monoisotopic (exact) mass is 1260 g/mol. The van der Waals surface area contributed by atoms with E-state index in [9.17, 15) is 0 Å². The molecular weight excluding hydrogens is 1210 g/mol. The zero-order chi connectivity index (χ0) is 64.2. The maximum atomic E-state index is 2.79. The van der Waals surface area contributed by atoms with E-state index in [2.05, 4.69) is 336 Å². The van der Waals surface area contributed by atoms with Gasteiger partial charge in [-0.1, -0.05) is 200 Å². The Morgan fingerprint density at radius 1 is 0.220 bits per heavy atom. The van der Waals surface area contributed by atoms with Crippen molar-refractivity contribution in [2.45, 2.75) is 0 Å². The van der Waals surface area contributed by atoms with E-state index in [0.29, 0.717) is 0 Å². The molecule has 6 aliphatic heterocycles. The van der Waals surface area contributed by atoms with Gasteiger partial charge in [-0.2, -0.15) is 0 Å². The maximum absolute atomic E-state index is 2.79. The van der Waals surface area contributed by atoms with Crippen LogP contribution < -0.4 is 42.6 Å². The van der Waals surface area contributed by atoms with Crippen molar-refractivity contribution in [3.63, 3.8) is 0 Å². The van der Waals surface area contributed by atoms with Gasteiger partial charge in [0.1, 0.15) is 0 Å². The SMILES string of the molecule is c1ccc(N2c3ccccc3B3c4c2cc2c5c4-c4c6c(cc7c8c(-c9ccc%10c(c9)c9ccccc9n%10-c9cc%10c%11c(c9)-n9c%12ccccc%12c%12cccc(c%129)B%11n9c%11ccccc%11c%11cccc-%10c%119)cccc8n(c47)B5c4ccccc4N2c2ccccc2)c2ccccc2n63)cc1. The fourth-order valence-electron chi connectivity index (χ4n) is 20.6. The van der Waals surface area contributed by atoms with Gasteiger partial charge in [0.15, 0.2) is 0 Å². The van der Waals surface area contributed by atoms with Crippen LogP contribution in [-0.4, -0.2) is 43.1 Å². The highest BCUT2D eigenvalue weighted by Gasteiger charge is 2.52. The summed E-state index contributed by atoms with van der Waals surface area (Å²) in [5.74, 6) is 0. The zero-order valence-electron chi connectivity index (χ0n) is 53.7. The number of hydrogen-bond acceptors (Lipinski definition) is 2. The molecule has 15 aromatic carbocycles. The van der Waals surface area contributed by atoms with Crippen LogP contribution >= 0.6 is 0 Å². The third-order valence-corrected chi connectivity index (χ3v) is 24.1. The van der Waals surface area contributed by atoms with Gasteiger partial charge in [-0.25, -0.2) is 0 Å². The minimum atomic E-state index is -0.146. The van der Waals surface area contributed by atoms with E-state index < -0.39 is 0 Å².